The van der Waals surface area contributed by atoms with Gasteiger partial charge in [-0.3, -0.25) is 9.48 Å². The Morgan fingerprint density at radius 1 is 1.27 bits per heavy atom. The second-order valence-electron chi connectivity index (χ2n) is 7.31. The molecule has 3 rings (SSSR count). The van der Waals surface area contributed by atoms with E-state index in [9.17, 15) is 4.79 Å². The van der Waals surface area contributed by atoms with Crippen LogP contribution in [-0.4, -0.2) is 65.3 Å². The lowest BCUT2D eigenvalue weighted by Crippen LogP contribution is -2.45. The number of amides is 1. The van der Waals surface area contributed by atoms with E-state index in [0.29, 0.717) is 11.6 Å². The van der Waals surface area contributed by atoms with Crippen LogP contribution >= 0.6 is 0 Å². The molecule has 0 aliphatic carbocycles. The number of likely N-dealkylation sites (N-methyl/N-ethyl adjacent to an activating group) is 1. The minimum atomic E-state index is -0.0799. The van der Waals surface area contributed by atoms with Crippen LogP contribution in [0.25, 0.3) is 0 Å². The van der Waals surface area contributed by atoms with E-state index in [-0.39, 0.29) is 11.9 Å². The van der Waals surface area contributed by atoms with Crippen molar-refractivity contribution in [3.8, 4) is 0 Å². The predicted octanol–water partition coefficient (Wildman–Crippen LogP) is 1.92. The maximum atomic E-state index is 12.7. The van der Waals surface area contributed by atoms with Crippen LogP contribution in [0.15, 0.2) is 42.7 Å². The zero-order valence-electron chi connectivity index (χ0n) is 15.9. The zero-order chi connectivity index (χ0) is 18.5. The summed E-state index contributed by atoms with van der Waals surface area (Å²) >= 11 is 0. The molecule has 1 aliphatic heterocycles. The third-order valence-electron chi connectivity index (χ3n) is 5.26. The zero-order valence-corrected chi connectivity index (χ0v) is 15.9. The summed E-state index contributed by atoms with van der Waals surface area (Å²) < 4.78 is 1.65. The number of carbonyl (C=O) groups is 1. The van der Waals surface area contributed by atoms with Crippen molar-refractivity contribution in [2.75, 3.05) is 33.7 Å². The molecule has 140 valence electrons. The maximum absolute atomic E-state index is 12.7. The molecule has 26 heavy (non-hydrogen) atoms. The Kier molecular flexibility index (Phi) is 6.06. The van der Waals surface area contributed by atoms with Gasteiger partial charge in [-0.05, 0) is 45.6 Å². The van der Waals surface area contributed by atoms with Crippen LogP contribution < -0.4 is 5.32 Å². The third-order valence-corrected chi connectivity index (χ3v) is 5.26. The lowest BCUT2D eigenvalue weighted by molar-refractivity contribution is 0.0905. The van der Waals surface area contributed by atoms with Crippen molar-refractivity contribution in [3.63, 3.8) is 0 Å². The quantitative estimate of drug-likeness (QED) is 0.860. The Balaban J connectivity index is 1.70. The number of nitrogens with zero attached hydrogens (tertiary/aromatic N) is 4. The van der Waals surface area contributed by atoms with Gasteiger partial charge in [0.2, 0.25) is 0 Å². The molecule has 1 fully saturated rings. The van der Waals surface area contributed by atoms with Crippen molar-refractivity contribution >= 4 is 5.91 Å². The topological polar surface area (TPSA) is 53.4 Å². The molecule has 1 atom stereocenters. The Bertz CT molecular complexity index is 706. The van der Waals surface area contributed by atoms with Crippen LogP contribution in [0.3, 0.4) is 0 Å². The summed E-state index contributed by atoms with van der Waals surface area (Å²) in [6.45, 7) is 3.06. The molecule has 0 spiro atoms. The van der Waals surface area contributed by atoms with Gasteiger partial charge in [0.25, 0.3) is 5.91 Å². The first kappa shape index (κ1) is 18.6. The van der Waals surface area contributed by atoms with Crippen LogP contribution in [0.4, 0.5) is 0 Å². The monoisotopic (exact) mass is 355 g/mol. The molecule has 0 saturated carbocycles. The lowest BCUT2D eigenvalue weighted by Gasteiger charge is -2.37. The average Bonchev–Trinajstić information content (AvgIpc) is 3.09. The van der Waals surface area contributed by atoms with E-state index in [1.807, 2.05) is 25.2 Å². The molecule has 2 heterocycles. The van der Waals surface area contributed by atoms with Gasteiger partial charge in [-0.2, -0.15) is 5.10 Å². The van der Waals surface area contributed by atoms with Crippen LogP contribution in [-0.2, 0) is 7.05 Å². The summed E-state index contributed by atoms with van der Waals surface area (Å²) in [5, 5.41) is 7.30. The number of benzene rings is 1. The van der Waals surface area contributed by atoms with Crippen LogP contribution in [0, 0.1) is 0 Å². The number of rotatable bonds is 6. The number of carbonyl (C=O) groups excluding carboxylic acids is 1. The van der Waals surface area contributed by atoms with Crippen LogP contribution in [0.2, 0.25) is 0 Å². The van der Waals surface area contributed by atoms with Crippen molar-refractivity contribution in [2.45, 2.75) is 24.9 Å². The second kappa shape index (κ2) is 8.47. The summed E-state index contributed by atoms with van der Waals surface area (Å²) in [5.41, 5.74) is 1.72. The first-order valence-corrected chi connectivity index (χ1v) is 9.26. The average molecular weight is 355 g/mol. The van der Waals surface area contributed by atoms with E-state index >= 15 is 0 Å². The maximum Gasteiger partial charge on any atom is 0.254 e. The number of aromatic nitrogens is 2. The van der Waals surface area contributed by atoms with E-state index < -0.39 is 0 Å². The Labute approximate surface area is 155 Å². The molecule has 6 nitrogen and oxygen atoms in total. The van der Waals surface area contributed by atoms with E-state index in [1.165, 1.54) is 12.8 Å². The first-order valence-electron chi connectivity index (χ1n) is 9.26. The van der Waals surface area contributed by atoms with E-state index in [0.717, 1.165) is 25.2 Å². The van der Waals surface area contributed by atoms with Crippen molar-refractivity contribution in [1.29, 1.82) is 0 Å². The molecule has 0 radical (unpaired) electrons. The number of aryl methyl sites for hydroxylation is 1. The lowest BCUT2D eigenvalue weighted by atomic mass is 10.0. The normalized spacial score (nSPS) is 17.4. The molecule has 0 unspecified atom stereocenters. The Hall–Kier alpha value is -2.18. The SMILES string of the molecule is CN1CCC(N(C)C[C@@H](NC(=O)c2cnn(C)c2)c2ccccc2)CC1. The van der Waals surface area contributed by atoms with Gasteiger partial charge < -0.3 is 15.1 Å². The number of nitrogens with one attached hydrogen (secondary N) is 1. The summed E-state index contributed by atoms with van der Waals surface area (Å²) in [6, 6.07) is 10.7. The number of hydrogen-bond acceptors (Lipinski definition) is 4. The van der Waals surface area contributed by atoms with E-state index in [2.05, 4.69) is 46.4 Å². The number of piperidine rings is 1. The molecule has 1 aromatic heterocycles. The highest BCUT2D eigenvalue weighted by Gasteiger charge is 2.24. The summed E-state index contributed by atoms with van der Waals surface area (Å²) in [5.74, 6) is -0.0799. The molecule has 1 N–H and O–H groups in total. The van der Waals surface area contributed by atoms with Gasteiger partial charge in [0.1, 0.15) is 0 Å². The molecule has 1 amide bonds. The molecule has 6 heteroatoms. The van der Waals surface area contributed by atoms with Crippen molar-refractivity contribution < 1.29 is 4.79 Å². The first-order chi connectivity index (χ1) is 12.5. The minimum absolute atomic E-state index is 0.0476. The minimum Gasteiger partial charge on any atom is -0.344 e. The van der Waals surface area contributed by atoms with Gasteiger partial charge in [-0.25, -0.2) is 0 Å². The summed E-state index contributed by atoms with van der Waals surface area (Å²) in [6.07, 6.45) is 5.70. The molecular formula is C20H29N5O. The molecule has 0 bridgehead atoms. The standard InChI is InChI=1S/C20H29N5O/c1-23-11-9-18(10-12-23)24(2)15-19(16-7-5-4-6-8-16)22-20(26)17-13-21-25(3)14-17/h4-8,13-14,18-19H,9-12,15H2,1-3H3,(H,22,26)/t19-/m1/s1. The fourth-order valence-electron chi connectivity index (χ4n) is 3.57. The Morgan fingerprint density at radius 2 is 1.96 bits per heavy atom. The third kappa shape index (κ3) is 4.71. The van der Waals surface area contributed by atoms with Crippen LogP contribution in [0.5, 0.6) is 0 Å². The van der Waals surface area contributed by atoms with Gasteiger partial charge in [-0.1, -0.05) is 30.3 Å². The van der Waals surface area contributed by atoms with Gasteiger partial charge >= 0.3 is 0 Å². The van der Waals surface area contributed by atoms with Crippen molar-refractivity contribution in [1.82, 2.24) is 24.9 Å². The largest absolute Gasteiger partial charge is 0.344 e. The second-order valence-corrected chi connectivity index (χ2v) is 7.31. The highest BCUT2D eigenvalue weighted by atomic mass is 16.1. The van der Waals surface area contributed by atoms with Crippen molar-refractivity contribution in [3.05, 3.63) is 53.9 Å². The Morgan fingerprint density at radius 3 is 2.58 bits per heavy atom. The highest BCUT2D eigenvalue weighted by Crippen LogP contribution is 2.20. The fraction of sp³-hybridized carbons (Fsp3) is 0.500. The van der Waals surface area contributed by atoms with Gasteiger partial charge in [0.15, 0.2) is 0 Å². The smallest absolute Gasteiger partial charge is 0.254 e. The summed E-state index contributed by atoms with van der Waals surface area (Å²) in [4.78, 5) is 17.4. The summed E-state index contributed by atoms with van der Waals surface area (Å²) in [7, 11) is 6.17. The molecule has 1 aromatic carbocycles. The number of likely N-dealkylation sites (tertiary alicyclic amines) is 1. The molecule has 1 aliphatic rings. The highest BCUT2D eigenvalue weighted by molar-refractivity contribution is 5.93. The molecule has 2 aromatic rings. The van der Waals surface area contributed by atoms with E-state index in [4.69, 9.17) is 0 Å². The van der Waals surface area contributed by atoms with Gasteiger partial charge in [0, 0.05) is 25.8 Å². The van der Waals surface area contributed by atoms with Crippen LogP contribution in [0.1, 0.15) is 34.8 Å². The predicted molar refractivity (Wildman–Crippen MR) is 103 cm³/mol. The fourth-order valence-corrected chi connectivity index (χ4v) is 3.57. The van der Waals surface area contributed by atoms with Gasteiger partial charge in [0.05, 0.1) is 17.8 Å². The molecule has 1 saturated heterocycles. The van der Waals surface area contributed by atoms with Crippen molar-refractivity contribution in [2.24, 2.45) is 7.05 Å². The van der Waals surface area contributed by atoms with Gasteiger partial charge in [-0.15, -0.1) is 0 Å². The molecular weight excluding hydrogens is 326 g/mol. The van der Waals surface area contributed by atoms with E-state index in [1.54, 1.807) is 17.1 Å². The number of hydrogen-bond donors (Lipinski definition) is 1.